The van der Waals surface area contributed by atoms with E-state index in [2.05, 4.69) is 28.2 Å². The van der Waals surface area contributed by atoms with E-state index >= 15 is 0 Å². The van der Waals surface area contributed by atoms with Crippen molar-refractivity contribution in [3.63, 3.8) is 0 Å². The molecule has 2 heterocycles. The number of anilines is 1. The SMILES string of the molecule is Cc1ccnc(N2CC[C@@H](CNC(=O)OC(C)(C)C)C2)c1. The van der Waals surface area contributed by atoms with Crippen molar-refractivity contribution in [3.05, 3.63) is 23.9 Å². The molecular weight excluding hydrogens is 266 g/mol. The molecule has 1 saturated heterocycles. The lowest BCUT2D eigenvalue weighted by atomic mass is 10.1. The van der Waals surface area contributed by atoms with Gasteiger partial charge in [-0.25, -0.2) is 9.78 Å². The number of carbonyl (C=O) groups excluding carboxylic acids is 1. The van der Waals surface area contributed by atoms with E-state index in [1.54, 1.807) is 0 Å². The Morgan fingerprint density at radius 2 is 2.29 bits per heavy atom. The van der Waals surface area contributed by atoms with Crippen molar-refractivity contribution in [3.8, 4) is 0 Å². The van der Waals surface area contributed by atoms with Crippen LogP contribution in [0.4, 0.5) is 10.6 Å². The van der Waals surface area contributed by atoms with E-state index in [4.69, 9.17) is 4.74 Å². The first-order valence-electron chi connectivity index (χ1n) is 7.48. The number of hydrogen-bond donors (Lipinski definition) is 1. The first-order valence-corrected chi connectivity index (χ1v) is 7.48. The van der Waals surface area contributed by atoms with Crippen LogP contribution in [0.3, 0.4) is 0 Å². The number of nitrogens with one attached hydrogen (secondary N) is 1. The standard InChI is InChI=1S/C16H25N3O2/c1-12-5-7-17-14(9-12)19-8-6-13(11-19)10-18-15(20)21-16(2,3)4/h5,7,9,13H,6,8,10-11H2,1-4H3,(H,18,20)/t13-/m0/s1. The van der Waals surface area contributed by atoms with Gasteiger partial charge in [0.25, 0.3) is 0 Å². The molecule has 1 fully saturated rings. The van der Waals surface area contributed by atoms with Gasteiger partial charge < -0.3 is 15.0 Å². The van der Waals surface area contributed by atoms with Crippen LogP contribution in [0.15, 0.2) is 18.3 Å². The molecule has 1 aliphatic rings. The number of pyridine rings is 1. The van der Waals surface area contributed by atoms with Crippen LogP contribution >= 0.6 is 0 Å². The van der Waals surface area contributed by atoms with E-state index in [9.17, 15) is 4.79 Å². The van der Waals surface area contributed by atoms with Gasteiger partial charge in [-0.3, -0.25) is 0 Å². The molecule has 1 atom stereocenters. The Morgan fingerprint density at radius 3 is 2.95 bits per heavy atom. The van der Waals surface area contributed by atoms with Gasteiger partial charge in [0, 0.05) is 25.8 Å². The van der Waals surface area contributed by atoms with E-state index < -0.39 is 5.60 Å². The fraction of sp³-hybridized carbons (Fsp3) is 0.625. The Balaban J connectivity index is 1.79. The molecule has 1 aromatic heterocycles. The lowest BCUT2D eigenvalue weighted by Crippen LogP contribution is -2.36. The highest BCUT2D eigenvalue weighted by Gasteiger charge is 2.24. The summed E-state index contributed by atoms with van der Waals surface area (Å²) < 4.78 is 5.25. The number of ether oxygens (including phenoxy) is 1. The van der Waals surface area contributed by atoms with Crippen molar-refractivity contribution >= 4 is 11.9 Å². The molecular formula is C16H25N3O2. The second kappa shape index (κ2) is 6.33. The maximum absolute atomic E-state index is 11.7. The zero-order valence-corrected chi connectivity index (χ0v) is 13.3. The fourth-order valence-electron chi connectivity index (χ4n) is 2.44. The van der Waals surface area contributed by atoms with E-state index in [0.717, 1.165) is 25.3 Å². The number of nitrogens with zero attached hydrogens (tertiary/aromatic N) is 2. The van der Waals surface area contributed by atoms with Crippen molar-refractivity contribution in [2.45, 2.75) is 39.7 Å². The van der Waals surface area contributed by atoms with Crippen LogP contribution in [0.2, 0.25) is 0 Å². The van der Waals surface area contributed by atoms with Crippen LogP contribution in [0.1, 0.15) is 32.8 Å². The molecule has 1 amide bonds. The Hall–Kier alpha value is -1.78. The minimum absolute atomic E-state index is 0.338. The van der Waals surface area contributed by atoms with Crippen molar-refractivity contribution in [2.24, 2.45) is 5.92 Å². The number of rotatable bonds is 3. The van der Waals surface area contributed by atoms with E-state index in [1.165, 1.54) is 5.56 Å². The van der Waals surface area contributed by atoms with Crippen LogP contribution < -0.4 is 10.2 Å². The average Bonchev–Trinajstić information content (AvgIpc) is 2.83. The monoisotopic (exact) mass is 291 g/mol. The van der Waals surface area contributed by atoms with Crippen LogP contribution in [0, 0.1) is 12.8 Å². The molecule has 1 aliphatic heterocycles. The summed E-state index contributed by atoms with van der Waals surface area (Å²) in [7, 11) is 0. The zero-order chi connectivity index (χ0) is 15.5. The van der Waals surface area contributed by atoms with Crippen molar-refractivity contribution in [2.75, 3.05) is 24.5 Å². The van der Waals surface area contributed by atoms with Crippen molar-refractivity contribution in [1.29, 1.82) is 0 Å². The highest BCUT2D eigenvalue weighted by Crippen LogP contribution is 2.22. The molecule has 5 heteroatoms. The quantitative estimate of drug-likeness (QED) is 0.930. The van der Waals surface area contributed by atoms with Crippen LogP contribution in [0.5, 0.6) is 0 Å². The number of aryl methyl sites for hydroxylation is 1. The van der Waals surface area contributed by atoms with Crippen molar-refractivity contribution < 1.29 is 9.53 Å². The largest absolute Gasteiger partial charge is 0.444 e. The number of carbonyl (C=O) groups is 1. The third-order valence-electron chi connectivity index (χ3n) is 3.44. The maximum atomic E-state index is 11.7. The summed E-state index contributed by atoms with van der Waals surface area (Å²) in [6, 6.07) is 4.10. The van der Waals surface area contributed by atoms with Gasteiger partial charge in [-0.2, -0.15) is 0 Å². The average molecular weight is 291 g/mol. The van der Waals surface area contributed by atoms with Crippen molar-refractivity contribution in [1.82, 2.24) is 10.3 Å². The summed E-state index contributed by atoms with van der Waals surface area (Å²) in [5.41, 5.74) is 0.771. The topological polar surface area (TPSA) is 54.5 Å². The number of hydrogen-bond acceptors (Lipinski definition) is 4. The normalized spacial score (nSPS) is 18.7. The Labute approximate surface area is 126 Å². The lowest BCUT2D eigenvalue weighted by molar-refractivity contribution is 0.0520. The predicted octanol–water partition coefficient (Wildman–Crippen LogP) is 2.74. The predicted molar refractivity (Wildman–Crippen MR) is 83.5 cm³/mol. The Bertz CT molecular complexity index is 497. The van der Waals surface area contributed by atoms with E-state index in [-0.39, 0.29) is 6.09 Å². The van der Waals surface area contributed by atoms with Crippen LogP contribution in [0.25, 0.3) is 0 Å². The Kier molecular flexibility index (Phi) is 4.70. The molecule has 1 N–H and O–H groups in total. The third-order valence-corrected chi connectivity index (χ3v) is 3.44. The molecule has 0 aromatic carbocycles. The van der Waals surface area contributed by atoms with Gasteiger partial charge in [-0.15, -0.1) is 0 Å². The third kappa shape index (κ3) is 4.92. The summed E-state index contributed by atoms with van der Waals surface area (Å²) in [4.78, 5) is 18.3. The van der Waals surface area contributed by atoms with E-state index in [0.29, 0.717) is 12.5 Å². The highest BCUT2D eigenvalue weighted by molar-refractivity contribution is 5.67. The highest BCUT2D eigenvalue weighted by atomic mass is 16.6. The second-order valence-corrected chi connectivity index (χ2v) is 6.67. The molecule has 0 saturated carbocycles. The maximum Gasteiger partial charge on any atom is 0.407 e. The lowest BCUT2D eigenvalue weighted by Gasteiger charge is -2.21. The van der Waals surface area contributed by atoms with Crippen LogP contribution in [-0.2, 0) is 4.74 Å². The molecule has 5 nitrogen and oxygen atoms in total. The molecule has 1 aromatic rings. The smallest absolute Gasteiger partial charge is 0.407 e. The number of aromatic nitrogens is 1. The van der Waals surface area contributed by atoms with Gasteiger partial charge in [0.05, 0.1) is 0 Å². The van der Waals surface area contributed by atoms with Crippen LogP contribution in [-0.4, -0.2) is 36.3 Å². The van der Waals surface area contributed by atoms with Gasteiger partial charge in [-0.05, 0) is 57.7 Å². The fourth-order valence-corrected chi connectivity index (χ4v) is 2.44. The first-order chi connectivity index (χ1) is 9.83. The molecule has 0 aliphatic carbocycles. The molecule has 0 bridgehead atoms. The number of alkyl carbamates (subject to hydrolysis) is 1. The summed E-state index contributed by atoms with van der Waals surface area (Å²) in [5.74, 6) is 1.47. The van der Waals surface area contributed by atoms with Gasteiger partial charge in [0.1, 0.15) is 11.4 Å². The molecule has 116 valence electrons. The summed E-state index contributed by atoms with van der Waals surface area (Å²) in [6.45, 7) is 10.2. The molecule has 21 heavy (non-hydrogen) atoms. The second-order valence-electron chi connectivity index (χ2n) is 6.67. The summed E-state index contributed by atoms with van der Waals surface area (Å²) >= 11 is 0. The molecule has 0 unspecified atom stereocenters. The first kappa shape index (κ1) is 15.6. The summed E-state index contributed by atoms with van der Waals surface area (Å²) in [5, 5.41) is 2.86. The minimum Gasteiger partial charge on any atom is -0.444 e. The van der Waals surface area contributed by atoms with Gasteiger partial charge in [0.15, 0.2) is 0 Å². The zero-order valence-electron chi connectivity index (χ0n) is 13.3. The Morgan fingerprint density at radius 1 is 1.52 bits per heavy atom. The molecule has 0 spiro atoms. The van der Waals surface area contributed by atoms with Gasteiger partial charge in [0.2, 0.25) is 0 Å². The molecule has 0 radical (unpaired) electrons. The van der Waals surface area contributed by atoms with Gasteiger partial charge in [-0.1, -0.05) is 0 Å². The minimum atomic E-state index is -0.447. The number of amides is 1. The summed E-state index contributed by atoms with van der Waals surface area (Å²) in [6.07, 6.45) is 2.57. The van der Waals surface area contributed by atoms with E-state index in [1.807, 2.05) is 33.0 Å². The molecule has 2 rings (SSSR count). The van der Waals surface area contributed by atoms with Gasteiger partial charge >= 0.3 is 6.09 Å².